The first-order valence-corrected chi connectivity index (χ1v) is 5.31. The van der Waals surface area contributed by atoms with Gasteiger partial charge < -0.3 is 10.3 Å². The fraction of sp³-hybridized carbons (Fsp3) is 0.364. The monoisotopic (exact) mass is 216 g/mol. The number of rotatable bonds is 2. The maximum absolute atomic E-state index is 6.11. The Hall–Kier alpha value is -1.75. The SMILES string of the molecule is NC1(c2nc(-c3ccncc3)no2)CCC1. The first kappa shape index (κ1) is 9.47. The van der Waals surface area contributed by atoms with Crippen molar-refractivity contribution < 1.29 is 4.52 Å². The molecule has 1 fully saturated rings. The van der Waals surface area contributed by atoms with E-state index in [4.69, 9.17) is 10.3 Å². The summed E-state index contributed by atoms with van der Waals surface area (Å²) in [6, 6.07) is 3.69. The lowest BCUT2D eigenvalue weighted by Crippen LogP contribution is -2.43. The van der Waals surface area contributed by atoms with Crippen LogP contribution in [0.5, 0.6) is 0 Å². The van der Waals surface area contributed by atoms with Crippen molar-refractivity contribution >= 4 is 0 Å². The van der Waals surface area contributed by atoms with Crippen LogP contribution < -0.4 is 5.73 Å². The largest absolute Gasteiger partial charge is 0.337 e. The standard InChI is InChI=1S/C11H12N4O/c12-11(4-1-5-11)10-14-9(15-16-10)8-2-6-13-7-3-8/h2-3,6-7H,1,4-5,12H2. The van der Waals surface area contributed by atoms with Crippen LogP contribution in [0.15, 0.2) is 29.0 Å². The summed E-state index contributed by atoms with van der Waals surface area (Å²) < 4.78 is 5.22. The van der Waals surface area contributed by atoms with Crippen LogP contribution in [0.4, 0.5) is 0 Å². The van der Waals surface area contributed by atoms with Gasteiger partial charge in [0.2, 0.25) is 11.7 Å². The van der Waals surface area contributed by atoms with Crippen molar-refractivity contribution in [2.75, 3.05) is 0 Å². The topological polar surface area (TPSA) is 77.8 Å². The first-order valence-electron chi connectivity index (χ1n) is 5.31. The zero-order valence-corrected chi connectivity index (χ0v) is 8.76. The third-order valence-electron chi connectivity index (χ3n) is 3.04. The maximum atomic E-state index is 6.11. The van der Waals surface area contributed by atoms with E-state index >= 15 is 0 Å². The second kappa shape index (κ2) is 3.38. The Morgan fingerprint density at radius 3 is 2.62 bits per heavy atom. The molecule has 0 unspecified atom stereocenters. The van der Waals surface area contributed by atoms with Crippen LogP contribution in [0.3, 0.4) is 0 Å². The third kappa shape index (κ3) is 1.40. The van der Waals surface area contributed by atoms with E-state index in [1.165, 1.54) is 0 Å². The van der Waals surface area contributed by atoms with Crippen molar-refractivity contribution in [3.63, 3.8) is 0 Å². The van der Waals surface area contributed by atoms with E-state index in [0.29, 0.717) is 11.7 Å². The molecule has 82 valence electrons. The Balaban J connectivity index is 1.94. The van der Waals surface area contributed by atoms with Crippen molar-refractivity contribution in [2.45, 2.75) is 24.8 Å². The molecular formula is C11H12N4O. The fourth-order valence-electron chi connectivity index (χ4n) is 1.82. The summed E-state index contributed by atoms with van der Waals surface area (Å²) in [5.41, 5.74) is 6.61. The Labute approximate surface area is 92.7 Å². The lowest BCUT2D eigenvalue weighted by Gasteiger charge is -2.33. The molecule has 2 aromatic rings. The van der Waals surface area contributed by atoms with E-state index in [9.17, 15) is 0 Å². The smallest absolute Gasteiger partial charge is 0.247 e. The van der Waals surface area contributed by atoms with Crippen molar-refractivity contribution in [3.05, 3.63) is 30.4 Å². The summed E-state index contributed by atoms with van der Waals surface area (Å²) in [6.07, 6.45) is 6.37. The first-order chi connectivity index (χ1) is 7.78. The lowest BCUT2D eigenvalue weighted by atomic mass is 9.78. The maximum Gasteiger partial charge on any atom is 0.247 e. The van der Waals surface area contributed by atoms with Crippen molar-refractivity contribution in [2.24, 2.45) is 5.73 Å². The van der Waals surface area contributed by atoms with Gasteiger partial charge in [0, 0.05) is 18.0 Å². The zero-order chi connectivity index (χ0) is 11.0. The molecular weight excluding hydrogens is 204 g/mol. The van der Waals surface area contributed by atoms with Crippen molar-refractivity contribution in [3.8, 4) is 11.4 Å². The molecule has 2 aromatic heterocycles. The number of aromatic nitrogens is 3. The summed E-state index contributed by atoms with van der Waals surface area (Å²) in [6.45, 7) is 0. The van der Waals surface area contributed by atoms with E-state index in [1.54, 1.807) is 12.4 Å². The molecule has 5 heteroatoms. The molecule has 0 bridgehead atoms. The number of hydrogen-bond acceptors (Lipinski definition) is 5. The normalized spacial score (nSPS) is 18.1. The van der Waals surface area contributed by atoms with Crippen LogP contribution in [0.2, 0.25) is 0 Å². The highest BCUT2D eigenvalue weighted by molar-refractivity contribution is 5.52. The highest BCUT2D eigenvalue weighted by atomic mass is 16.5. The van der Waals surface area contributed by atoms with Crippen LogP contribution in [0, 0.1) is 0 Å². The van der Waals surface area contributed by atoms with Gasteiger partial charge in [-0.2, -0.15) is 4.98 Å². The van der Waals surface area contributed by atoms with Gasteiger partial charge in [-0.15, -0.1) is 0 Å². The Morgan fingerprint density at radius 2 is 2.00 bits per heavy atom. The zero-order valence-electron chi connectivity index (χ0n) is 8.76. The molecule has 0 spiro atoms. The van der Waals surface area contributed by atoms with Gasteiger partial charge in [0.1, 0.15) is 0 Å². The van der Waals surface area contributed by atoms with Crippen molar-refractivity contribution in [1.82, 2.24) is 15.1 Å². The van der Waals surface area contributed by atoms with Crippen LogP contribution in [0.1, 0.15) is 25.2 Å². The average molecular weight is 216 g/mol. The third-order valence-corrected chi connectivity index (χ3v) is 3.04. The molecule has 1 aliphatic carbocycles. The van der Waals surface area contributed by atoms with Crippen LogP contribution >= 0.6 is 0 Å². The van der Waals surface area contributed by atoms with Gasteiger partial charge in [-0.05, 0) is 31.4 Å². The summed E-state index contributed by atoms with van der Waals surface area (Å²) >= 11 is 0. The molecule has 2 N–H and O–H groups in total. The quantitative estimate of drug-likeness (QED) is 0.822. The van der Waals surface area contributed by atoms with E-state index in [2.05, 4.69) is 15.1 Å². The van der Waals surface area contributed by atoms with Crippen LogP contribution in [-0.2, 0) is 5.54 Å². The molecule has 3 rings (SSSR count). The highest BCUT2D eigenvalue weighted by Gasteiger charge is 2.39. The molecule has 2 heterocycles. The number of nitrogens with zero attached hydrogens (tertiary/aromatic N) is 3. The van der Waals surface area contributed by atoms with E-state index in [-0.39, 0.29) is 0 Å². The predicted octanol–water partition coefficient (Wildman–Crippen LogP) is 1.47. The molecule has 1 aliphatic rings. The summed E-state index contributed by atoms with van der Waals surface area (Å²) in [4.78, 5) is 8.29. The van der Waals surface area contributed by atoms with Gasteiger partial charge in [-0.25, -0.2) is 0 Å². The minimum absolute atomic E-state index is 0.391. The van der Waals surface area contributed by atoms with Gasteiger partial charge in [-0.1, -0.05) is 5.16 Å². The van der Waals surface area contributed by atoms with Gasteiger partial charge in [-0.3, -0.25) is 4.98 Å². The van der Waals surface area contributed by atoms with E-state index in [0.717, 1.165) is 24.8 Å². The Bertz CT molecular complexity index is 490. The van der Waals surface area contributed by atoms with E-state index in [1.807, 2.05) is 12.1 Å². The number of nitrogens with two attached hydrogens (primary N) is 1. The van der Waals surface area contributed by atoms with Crippen LogP contribution in [-0.4, -0.2) is 15.1 Å². The minimum atomic E-state index is -0.391. The lowest BCUT2D eigenvalue weighted by molar-refractivity contribution is 0.181. The second-order valence-corrected chi connectivity index (χ2v) is 4.17. The molecule has 5 nitrogen and oxygen atoms in total. The Kier molecular flexibility index (Phi) is 2.00. The summed E-state index contributed by atoms with van der Waals surface area (Å²) in [5, 5.41) is 3.94. The number of pyridine rings is 1. The molecule has 16 heavy (non-hydrogen) atoms. The molecule has 0 amide bonds. The Morgan fingerprint density at radius 1 is 1.25 bits per heavy atom. The van der Waals surface area contributed by atoms with Crippen LogP contribution in [0.25, 0.3) is 11.4 Å². The van der Waals surface area contributed by atoms with Crippen molar-refractivity contribution in [1.29, 1.82) is 0 Å². The van der Waals surface area contributed by atoms with Gasteiger partial charge >= 0.3 is 0 Å². The molecule has 0 aliphatic heterocycles. The van der Waals surface area contributed by atoms with Gasteiger partial charge in [0.25, 0.3) is 0 Å². The summed E-state index contributed by atoms with van der Waals surface area (Å²) in [7, 11) is 0. The molecule has 1 saturated carbocycles. The van der Waals surface area contributed by atoms with Gasteiger partial charge in [0.15, 0.2) is 0 Å². The van der Waals surface area contributed by atoms with Gasteiger partial charge in [0.05, 0.1) is 5.54 Å². The van der Waals surface area contributed by atoms with E-state index < -0.39 is 5.54 Å². The molecule has 0 radical (unpaired) electrons. The molecule has 0 aromatic carbocycles. The fourth-order valence-corrected chi connectivity index (χ4v) is 1.82. The molecule has 0 atom stereocenters. The molecule has 0 saturated heterocycles. The predicted molar refractivity (Wildman–Crippen MR) is 57.2 cm³/mol. The average Bonchev–Trinajstić information content (AvgIpc) is 2.77. The minimum Gasteiger partial charge on any atom is -0.337 e. The summed E-state index contributed by atoms with van der Waals surface area (Å²) in [5.74, 6) is 1.12. The second-order valence-electron chi connectivity index (χ2n) is 4.17. The number of hydrogen-bond donors (Lipinski definition) is 1. The highest BCUT2D eigenvalue weighted by Crippen LogP contribution is 2.38.